The largest absolute Gasteiger partial charge is 1.00 e. The Bertz CT molecular complexity index is 579. The van der Waals surface area contributed by atoms with Crippen LogP contribution in [0, 0.1) is 27.4 Å². The fourth-order valence-electron chi connectivity index (χ4n) is 2.33. The number of allylic oxidation sites excluding steroid dienone is 1. The molecule has 3 rings (SSSR count). The number of rotatable bonds is 5. The molecule has 0 amide bonds. The molecule has 2 fully saturated rings. The number of halogens is 1. The van der Waals surface area contributed by atoms with E-state index in [0.717, 1.165) is 14.8 Å². The molecule has 2 nitrogen and oxygen atoms in total. The van der Waals surface area contributed by atoms with E-state index in [-0.39, 0.29) is 39.6 Å². The summed E-state index contributed by atoms with van der Waals surface area (Å²) in [5, 5.41) is 13.1. The van der Waals surface area contributed by atoms with E-state index in [1.165, 1.54) is 25.7 Å². The maximum atomic E-state index is 9.90. The van der Waals surface area contributed by atoms with Gasteiger partial charge in [0.25, 0.3) is 0 Å². The van der Waals surface area contributed by atoms with Gasteiger partial charge in [0, 0.05) is 11.5 Å². The summed E-state index contributed by atoms with van der Waals surface area (Å²) in [6.07, 6.45) is 7.71. The first kappa shape index (κ1) is 23.0. The van der Waals surface area contributed by atoms with Crippen LogP contribution in [-0.2, 0) is 5.60 Å². The quantitative estimate of drug-likeness (QED) is 0.315. The molecular formula is C21H29ILiNO-2. The van der Waals surface area contributed by atoms with E-state index in [9.17, 15) is 5.11 Å². The zero-order valence-electron chi connectivity index (χ0n) is 16.2. The first-order chi connectivity index (χ1) is 11.2. The summed E-state index contributed by atoms with van der Waals surface area (Å²) in [6, 6.07) is 9.10. The summed E-state index contributed by atoms with van der Waals surface area (Å²) in [7, 11) is 0. The van der Waals surface area contributed by atoms with Gasteiger partial charge in [-0.3, -0.25) is 0 Å². The first-order valence-electron chi connectivity index (χ1n) is 8.60. The monoisotopic (exact) mass is 445 g/mol. The van der Waals surface area contributed by atoms with Crippen molar-refractivity contribution in [2.45, 2.75) is 59.0 Å². The SMILES string of the molecule is C=C(N[C-]=Ic1[c-]cc(C(C)(C)O)cc1)C1CC1(C)C.[CH-]1CCC1.[Li+]. The molecule has 2 aliphatic carbocycles. The van der Waals surface area contributed by atoms with Crippen molar-refractivity contribution >= 4 is 24.9 Å². The minimum atomic E-state index is -0.801. The maximum Gasteiger partial charge on any atom is 1.00 e. The molecule has 2 saturated carbocycles. The van der Waals surface area contributed by atoms with Crippen molar-refractivity contribution in [2.24, 2.45) is 11.3 Å². The summed E-state index contributed by atoms with van der Waals surface area (Å²) < 4.78 is 4.44. The molecule has 2 aliphatic rings. The third-order valence-corrected chi connectivity index (χ3v) is 6.38. The maximum absolute atomic E-state index is 9.90. The smallest absolute Gasteiger partial charge is 0.537 e. The average Bonchev–Trinajstić information content (AvgIpc) is 3.05. The van der Waals surface area contributed by atoms with Gasteiger partial charge < -0.3 is 41.7 Å². The van der Waals surface area contributed by atoms with Gasteiger partial charge >= 0.3 is 18.9 Å². The number of nitrogens with one attached hydrogen (secondary N) is 1. The summed E-state index contributed by atoms with van der Waals surface area (Å²) >= 11 is -0.345. The second kappa shape index (κ2) is 9.74. The molecule has 1 atom stereocenters. The molecule has 0 saturated heterocycles. The van der Waals surface area contributed by atoms with E-state index in [1.54, 1.807) is 13.8 Å². The van der Waals surface area contributed by atoms with Gasteiger partial charge in [-0.25, -0.2) is 0 Å². The molecule has 0 heterocycles. The molecule has 0 aromatic heterocycles. The van der Waals surface area contributed by atoms with Gasteiger partial charge in [0.1, 0.15) is 0 Å². The van der Waals surface area contributed by atoms with Crippen LogP contribution in [0.15, 0.2) is 30.5 Å². The van der Waals surface area contributed by atoms with Crippen molar-refractivity contribution in [1.29, 1.82) is 0 Å². The zero-order chi connectivity index (χ0) is 17.8. The number of hydrogen-bond acceptors (Lipinski definition) is 2. The van der Waals surface area contributed by atoms with E-state index in [4.69, 9.17) is 0 Å². The van der Waals surface area contributed by atoms with Crippen LogP contribution in [0.3, 0.4) is 0 Å². The molecule has 2 N–H and O–H groups in total. The average molecular weight is 445 g/mol. The zero-order valence-corrected chi connectivity index (χ0v) is 18.4. The normalized spacial score (nSPS) is 20.9. The van der Waals surface area contributed by atoms with Gasteiger partial charge in [-0.05, 0) is 31.4 Å². The molecule has 1 aromatic rings. The fourth-order valence-corrected chi connectivity index (χ4v) is 3.78. The first-order valence-corrected chi connectivity index (χ1v) is 10.8. The van der Waals surface area contributed by atoms with Crippen molar-refractivity contribution in [3.63, 3.8) is 0 Å². The Labute approximate surface area is 175 Å². The Balaban J connectivity index is 0.000000549. The van der Waals surface area contributed by atoms with Crippen LogP contribution in [0.2, 0.25) is 0 Å². The van der Waals surface area contributed by atoms with Gasteiger partial charge in [-0.15, -0.1) is 15.6 Å². The minimum absolute atomic E-state index is 0. The van der Waals surface area contributed by atoms with Crippen LogP contribution in [0.4, 0.5) is 0 Å². The molecular weight excluding hydrogens is 416 g/mol. The number of aliphatic hydroxyl groups is 1. The van der Waals surface area contributed by atoms with Crippen LogP contribution in [0.1, 0.15) is 58.9 Å². The third-order valence-electron chi connectivity index (χ3n) is 4.59. The van der Waals surface area contributed by atoms with Crippen molar-refractivity contribution in [3.8, 4) is 0 Å². The summed E-state index contributed by atoms with van der Waals surface area (Å²) in [4.78, 5) is 0. The number of benzene rings is 1. The van der Waals surface area contributed by atoms with Gasteiger partial charge in [0.2, 0.25) is 0 Å². The Morgan fingerprint density at radius 3 is 2.36 bits per heavy atom. The van der Waals surface area contributed by atoms with E-state index >= 15 is 0 Å². The van der Waals surface area contributed by atoms with E-state index < -0.39 is 5.60 Å². The van der Waals surface area contributed by atoms with Crippen LogP contribution in [0.25, 0.3) is 0 Å². The van der Waals surface area contributed by atoms with Gasteiger partial charge in [0.15, 0.2) is 0 Å². The van der Waals surface area contributed by atoms with Crippen molar-refractivity contribution in [1.82, 2.24) is 5.32 Å². The topological polar surface area (TPSA) is 32.3 Å². The standard InChI is InChI=1S/C17H22INO.C4H7.Li/c1-12(15-10-16(15,2)3)19-11-18-14-8-6-13(7-9-14)17(4,5)20;1-2-4-3-1;/h6-8,15,19-20H,1,10H2,2-5H3;1H,2-4H2;/q-2;-1;+1. The van der Waals surface area contributed by atoms with Crippen LogP contribution in [0.5, 0.6) is 0 Å². The Morgan fingerprint density at radius 1 is 1.44 bits per heavy atom. The summed E-state index contributed by atoms with van der Waals surface area (Å²) in [5.74, 6) is 0.584. The van der Waals surface area contributed by atoms with Gasteiger partial charge in [-0.2, -0.15) is 37.1 Å². The van der Waals surface area contributed by atoms with Crippen LogP contribution in [-0.4, -0.2) is 9.24 Å². The van der Waals surface area contributed by atoms with Gasteiger partial charge in [-0.1, -0.05) is 20.4 Å². The summed E-state index contributed by atoms with van der Waals surface area (Å²) in [6.45, 7) is 12.2. The van der Waals surface area contributed by atoms with E-state index in [2.05, 4.69) is 42.4 Å². The predicted molar refractivity (Wildman–Crippen MR) is 111 cm³/mol. The Hall–Kier alpha value is -0.0826. The molecule has 134 valence electrons. The van der Waals surface area contributed by atoms with Crippen molar-refractivity contribution < 1.29 is 24.0 Å². The fraction of sp³-hybridized carbons (Fsp3) is 0.524. The van der Waals surface area contributed by atoms with Crippen LogP contribution < -0.4 is 24.2 Å². The van der Waals surface area contributed by atoms with Crippen molar-refractivity contribution in [3.05, 3.63) is 52.1 Å². The number of hydrogen-bond donors (Lipinski definition) is 2. The molecule has 25 heavy (non-hydrogen) atoms. The Morgan fingerprint density at radius 2 is 2.00 bits per heavy atom. The van der Waals surface area contributed by atoms with E-state index in [1.807, 2.05) is 18.2 Å². The van der Waals surface area contributed by atoms with Crippen molar-refractivity contribution in [2.75, 3.05) is 0 Å². The van der Waals surface area contributed by atoms with E-state index in [0.29, 0.717) is 11.3 Å². The molecule has 0 radical (unpaired) electrons. The second-order valence-electron chi connectivity index (χ2n) is 7.79. The third kappa shape index (κ3) is 7.59. The molecule has 4 heteroatoms. The molecule has 1 aromatic carbocycles. The molecule has 0 aliphatic heterocycles. The second-order valence-corrected chi connectivity index (χ2v) is 10.0. The minimum Gasteiger partial charge on any atom is -0.537 e. The van der Waals surface area contributed by atoms with Crippen LogP contribution >= 0.6 is 20.7 Å². The molecule has 0 bridgehead atoms. The van der Waals surface area contributed by atoms with Gasteiger partial charge in [0.05, 0.1) is 0 Å². The molecule has 0 spiro atoms. The summed E-state index contributed by atoms with van der Waals surface area (Å²) in [5.41, 5.74) is 1.58. The molecule has 1 unspecified atom stereocenters. The predicted octanol–water partition coefficient (Wildman–Crippen LogP) is 2.02. The Kier molecular flexibility index (Phi) is 8.94.